The van der Waals surface area contributed by atoms with Crippen LogP contribution in [0.4, 0.5) is 0 Å². The van der Waals surface area contributed by atoms with Gasteiger partial charge < -0.3 is 13.6 Å². The Hall–Kier alpha value is -0.486. The van der Waals surface area contributed by atoms with E-state index in [2.05, 4.69) is 143 Å². The summed E-state index contributed by atoms with van der Waals surface area (Å²) in [5, 5.41) is 0.323. The third-order valence-corrected chi connectivity index (χ3v) is 18.7. The van der Waals surface area contributed by atoms with Crippen molar-refractivity contribution in [2.75, 3.05) is 0 Å². The van der Waals surface area contributed by atoms with Crippen LogP contribution in [0.2, 0.25) is 36.3 Å². The van der Waals surface area contributed by atoms with E-state index in [0.717, 1.165) is 21.1 Å². The van der Waals surface area contributed by atoms with Crippen molar-refractivity contribution in [2.45, 2.75) is 111 Å². The predicted molar refractivity (Wildman–Crippen MR) is 183 cm³/mol. The molecule has 1 aromatic heterocycles. The molecule has 0 spiro atoms. The van der Waals surface area contributed by atoms with Crippen LogP contribution in [0.5, 0.6) is 5.75 Å². The van der Waals surface area contributed by atoms with E-state index in [1.165, 1.54) is 20.9 Å². The molecule has 0 radical (unpaired) electrons. The van der Waals surface area contributed by atoms with Crippen LogP contribution in [0.1, 0.15) is 75.8 Å². The van der Waals surface area contributed by atoms with E-state index >= 15 is 0 Å². The molecule has 0 unspecified atom stereocenters. The SMILES string of the molecule is CC/C(=C/C=C(Br)Br)c1ccc(COc2ccc(CO[Si](C)(C)C(C)(C)C)c(CO[Si](C)(C)C(C)(C)C)c2)s1. The van der Waals surface area contributed by atoms with Gasteiger partial charge in [-0.1, -0.05) is 60.6 Å². The molecule has 0 aliphatic rings. The van der Waals surface area contributed by atoms with E-state index < -0.39 is 16.6 Å². The van der Waals surface area contributed by atoms with Crippen molar-refractivity contribution < 1.29 is 13.6 Å². The molecule has 0 N–H and O–H groups in total. The molecule has 0 fully saturated rings. The van der Waals surface area contributed by atoms with Gasteiger partial charge in [0.25, 0.3) is 0 Å². The number of rotatable bonds is 12. The lowest BCUT2D eigenvalue weighted by Gasteiger charge is -2.37. The zero-order valence-electron chi connectivity index (χ0n) is 25.8. The van der Waals surface area contributed by atoms with Crippen LogP contribution in [-0.4, -0.2) is 16.6 Å². The molecule has 39 heavy (non-hydrogen) atoms. The number of hydrogen-bond donors (Lipinski definition) is 0. The Bertz CT molecular complexity index is 1150. The van der Waals surface area contributed by atoms with E-state index in [4.69, 9.17) is 13.6 Å². The van der Waals surface area contributed by atoms with Gasteiger partial charge in [-0.15, -0.1) is 11.3 Å². The van der Waals surface area contributed by atoms with Crippen LogP contribution in [0.15, 0.2) is 45.9 Å². The largest absolute Gasteiger partial charge is 0.488 e. The van der Waals surface area contributed by atoms with Gasteiger partial charge in [0, 0.05) is 9.75 Å². The highest BCUT2D eigenvalue weighted by Gasteiger charge is 2.38. The Balaban J connectivity index is 2.24. The van der Waals surface area contributed by atoms with E-state index in [1.807, 2.05) is 6.08 Å². The van der Waals surface area contributed by atoms with Crippen LogP contribution in [-0.2, 0) is 28.7 Å². The summed E-state index contributed by atoms with van der Waals surface area (Å²) in [5.74, 6) is 0.868. The molecule has 2 rings (SSSR count). The highest BCUT2D eigenvalue weighted by Crippen LogP contribution is 2.39. The van der Waals surface area contributed by atoms with Crippen LogP contribution < -0.4 is 4.74 Å². The molecule has 8 heteroatoms. The molecule has 0 aliphatic heterocycles. The van der Waals surface area contributed by atoms with Crippen molar-refractivity contribution in [1.29, 1.82) is 0 Å². The second kappa shape index (κ2) is 14.1. The first-order valence-corrected chi connectivity index (χ1v) is 21.9. The maximum atomic E-state index is 6.64. The van der Waals surface area contributed by atoms with Gasteiger partial charge in [0.2, 0.25) is 0 Å². The molecule has 0 amide bonds. The third kappa shape index (κ3) is 10.4. The molecule has 1 aromatic carbocycles. The lowest BCUT2D eigenvalue weighted by molar-refractivity contribution is 0.255. The molecule has 3 nitrogen and oxygen atoms in total. The molecular formula is C31H48Br2O3SSi2. The minimum atomic E-state index is -1.90. The topological polar surface area (TPSA) is 27.7 Å². The summed E-state index contributed by atoms with van der Waals surface area (Å²) >= 11 is 8.65. The maximum Gasteiger partial charge on any atom is 0.192 e. The van der Waals surface area contributed by atoms with Crippen LogP contribution in [0.25, 0.3) is 5.57 Å². The van der Waals surface area contributed by atoms with Crippen molar-refractivity contribution in [1.82, 2.24) is 0 Å². The van der Waals surface area contributed by atoms with E-state index in [0.29, 0.717) is 19.8 Å². The quantitative estimate of drug-likeness (QED) is 0.162. The molecular weight excluding hydrogens is 668 g/mol. The number of halogens is 2. The average Bonchev–Trinajstić information content (AvgIpc) is 3.28. The minimum Gasteiger partial charge on any atom is -0.488 e. The predicted octanol–water partition coefficient (Wildman–Crippen LogP) is 11.8. The van der Waals surface area contributed by atoms with E-state index in [1.54, 1.807) is 11.3 Å². The maximum absolute atomic E-state index is 6.64. The van der Waals surface area contributed by atoms with Gasteiger partial charge in [-0.3, -0.25) is 0 Å². The van der Waals surface area contributed by atoms with E-state index in [9.17, 15) is 0 Å². The van der Waals surface area contributed by atoms with Crippen LogP contribution >= 0.6 is 43.2 Å². The summed E-state index contributed by atoms with van der Waals surface area (Å²) < 4.78 is 20.5. The van der Waals surface area contributed by atoms with Gasteiger partial charge in [-0.05, 0) is 122 Å². The summed E-state index contributed by atoms with van der Waals surface area (Å²) in [6.45, 7) is 26.8. The Kier molecular flexibility index (Phi) is 12.6. The first-order valence-electron chi connectivity index (χ1n) is 13.7. The Morgan fingerprint density at radius 3 is 1.87 bits per heavy atom. The zero-order valence-corrected chi connectivity index (χ0v) is 31.7. The van der Waals surface area contributed by atoms with Crippen molar-refractivity contribution in [2.24, 2.45) is 0 Å². The zero-order chi connectivity index (χ0) is 29.6. The lowest BCUT2D eigenvalue weighted by atomic mass is 10.1. The second-order valence-electron chi connectivity index (χ2n) is 13.1. The fourth-order valence-corrected chi connectivity index (χ4v) is 6.42. The average molecular weight is 717 g/mol. The highest BCUT2D eigenvalue weighted by molar-refractivity contribution is 9.28. The molecule has 2 aromatic rings. The minimum absolute atomic E-state index is 0.155. The van der Waals surface area contributed by atoms with Gasteiger partial charge in [0.1, 0.15) is 12.4 Å². The number of allylic oxidation sites excluding steroid dienone is 3. The van der Waals surface area contributed by atoms with Crippen LogP contribution in [0, 0.1) is 0 Å². The van der Waals surface area contributed by atoms with Gasteiger partial charge >= 0.3 is 0 Å². The monoisotopic (exact) mass is 714 g/mol. The molecule has 0 bridgehead atoms. The van der Waals surface area contributed by atoms with E-state index in [-0.39, 0.29) is 10.1 Å². The molecule has 0 aliphatic carbocycles. The first kappa shape index (κ1) is 34.7. The summed E-state index contributed by atoms with van der Waals surface area (Å²) in [6.07, 6.45) is 5.15. The van der Waals surface area contributed by atoms with Gasteiger partial charge in [0.15, 0.2) is 16.6 Å². The highest BCUT2D eigenvalue weighted by atomic mass is 79.9. The normalized spacial score (nSPS) is 13.5. The number of ether oxygens (including phenoxy) is 1. The number of thiophene rings is 1. The second-order valence-corrected chi connectivity index (χ2v) is 26.6. The lowest BCUT2D eigenvalue weighted by Crippen LogP contribution is -2.41. The first-order chi connectivity index (χ1) is 17.9. The number of hydrogen-bond acceptors (Lipinski definition) is 4. The summed E-state index contributed by atoms with van der Waals surface area (Å²) in [6, 6.07) is 10.7. The van der Waals surface area contributed by atoms with Crippen molar-refractivity contribution in [3.8, 4) is 5.75 Å². The number of benzene rings is 1. The third-order valence-electron chi connectivity index (χ3n) is 8.12. The fourth-order valence-electron chi connectivity index (χ4n) is 3.24. The summed E-state index contributed by atoms with van der Waals surface area (Å²) in [7, 11) is -3.77. The molecule has 0 atom stereocenters. The molecule has 0 saturated heterocycles. The summed E-state index contributed by atoms with van der Waals surface area (Å²) in [5.41, 5.74) is 3.65. The molecule has 1 heterocycles. The molecule has 218 valence electrons. The Morgan fingerprint density at radius 1 is 0.795 bits per heavy atom. The van der Waals surface area contributed by atoms with Gasteiger partial charge in [-0.2, -0.15) is 0 Å². The van der Waals surface area contributed by atoms with Gasteiger partial charge in [-0.25, -0.2) is 0 Å². The summed E-state index contributed by atoms with van der Waals surface area (Å²) in [4.78, 5) is 2.48. The van der Waals surface area contributed by atoms with Crippen molar-refractivity contribution in [3.05, 3.63) is 66.8 Å². The smallest absolute Gasteiger partial charge is 0.192 e. The Labute approximate surface area is 260 Å². The van der Waals surface area contributed by atoms with Crippen LogP contribution in [0.3, 0.4) is 0 Å². The van der Waals surface area contributed by atoms with Gasteiger partial charge in [0.05, 0.1) is 16.6 Å². The van der Waals surface area contributed by atoms with Crippen molar-refractivity contribution in [3.63, 3.8) is 0 Å². The molecule has 0 saturated carbocycles. The standard InChI is InChI=1S/C31H48Br2O3SSi2/c1-12-23(14-18-29(32)33)28-17-16-27(37-28)22-34-26-15-13-24(20-35-38(8,9)30(2,3)4)25(19-26)21-36-39(10,11)31(5,6)7/h13-19H,12,20-22H2,1-11H3/b23-14-. The van der Waals surface area contributed by atoms with Crippen molar-refractivity contribution >= 4 is 65.4 Å². The fraction of sp³-hybridized carbons (Fsp3) is 0.548. The Morgan fingerprint density at radius 2 is 1.36 bits per heavy atom.